The molecule has 0 aliphatic rings. The van der Waals surface area contributed by atoms with E-state index in [0.29, 0.717) is 0 Å². The van der Waals surface area contributed by atoms with Crippen LogP contribution in [0.5, 0.6) is 0 Å². The molecule has 0 aromatic heterocycles. The second kappa shape index (κ2) is 3310. The van der Waals surface area contributed by atoms with Crippen LogP contribution in [0.2, 0.25) is 0 Å². The van der Waals surface area contributed by atoms with Crippen LogP contribution in [0, 0.1) is 143 Å². The Kier molecular flexibility index (Phi) is 9270. The summed E-state index contributed by atoms with van der Waals surface area (Å²) in [5.74, 6) is 39.0. The first kappa shape index (κ1) is 341. The summed E-state index contributed by atoms with van der Waals surface area (Å²) < 4.78 is 0. The fourth-order valence-electron chi connectivity index (χ4n) is 0.216. The summed E-state index contributed by atoms with van der Waals surface area (Å²) in [6.45, 7) is 157. The summed E-state index contributed by atoms with van der Waals surface area (Å²) in [5, 5.41) is 57.0. The Hall–Kier alpha value is -5.67. The predicted molar refractivity (Wildman–Crippen MR) is 607 cm³/mol. The lowest BCUT2D eigenvalue weighted by atomic mass is 10.4. The highest BCUT2D eigenvalue weighted by molar-refractivity contribution is 7.59. The van der Waals surface area contributed by atoms with Gasteiger partial charge in [0, 0.05) is 9.93 Å². The van der Waals surface area contributed by atoms with E-state index >= 15 is 0 Å². The van der Waals surface area contributed by atoms with Crippen LogP contribution in [0.4, 0.5) is 0 Å². The minimum absolute atomic E-state index is 0. The van der Waals surface area contributed by atoms with Gasteiger partial charge in [-0.15, -0.1) is 93.1 Å². The molecule has 0 spiro atoms. The van der Waals surface area contributed by atoms with Crippen molar-refractivity contribution in [2.24, 2.45) is 0 Å². The number of rotatable bonds is 4. The number of unbranched alkanes of at least 4 members (excludes halogenated alkanes) is 1. The zero-order valence-electron chi connectivity index (χ0n) is 99.4. The van der Waals surface area contributed by atoms with E-state index in [4.69, 9.17) is 60.7 Å². The lowest BCUT2D eigenvalue weighted by molar-refractivity contribution is -0.695. The van der Waals surface area contributed by atoms with E-state index in [9.17, 15) is 0 Å². The molecule has 0 atom stereocenters. The Morgan fingerprint density at radius 2 is 0.311 bits per heavy atom. The Morgan fingerprint density at radius 3 is 0.344 bits per heavy atom. The number of hydrogen-bond acceptors (Lipinski definition) is 14. The predicted octanol–water partition coefficient (Wildman–Crippen LogP) is 42.2. The molecule has 8 N–H and O–H groups in total. The molecule has 0 bridgehead atoms. The molecule has 0 aromatic carbocycles. The van der Waals surface area contributed by atoms with E-state index in [1.54, 1.807) is 13.8 Å². The average molecular weight is 1810 g/mol. The fourth-order valence-corrected chi connectivity index (χ4v) is 0.216. The quantitative estimate of drug-likeness (QED) is 0.0664. The van der Waals surface area contributed by atoms with Crippen LogP contribution in [0.3, 0.4) is 0 Å². The van der Waals surface area contributed by atoms with Gasteiger partial charge in [0.1, 0.15) is 0 Å². The highest BCUT2D eigenvalue weighted by Gasteiger charge is 1.68. The lowest BCUT2D eigenvalue weighted by Gasteiger charge is -1.79. The third kappa shape index (κ3) is 21200. The van der Waals surface area contributed by atoms with E-state index in [-0.39, 0.29) is 26.4 Å². The zero-order chi connectivity index (χ0) is 111. The largest absolute Gasteiger partial charge is 0.412 e. The van der Waals surface area contributed by atoms with Crippen LogP contribution >= 0.6 is 13.5 Å². The van der Waals surface area contributed by atoms with Crippen molar-refractivity contribution in [3.63, 3.8) is 0 Å². The molecule has 0 aliphatic heterocycles. The van der Waals surface area contributed by atoms with Crippen LogP contribution in [0.15, 0.2) is 13.2 Å². The van der Waals surface area contributed by atoms with Gasteiger partial charge in [0.15, 0.2) is 0 Å². The molecule has 0 fully saturated rings. The van der Waals surface area contributed by atoms with Crippen molar-refractivity contribution in [1.29, 1.82) is 0 Å². The van der Waals surface area contributed by atoms with Crippen molar-refractivity contribution in [3.05, 3.63) is 23.1 Å². The lowest BCUT2D eigenvalue weighted by Crippen LogP contribution is -1.84. The van der Waals surface area contributed by atoms with Gasteiger partial charge in [-0.05, 0) is 128 Å². The summed E-state index contributed by atoms with van der Waals surface area (Å²) >= 11 is 0. The van der Waals surface area contributed by atoms with E-state index in [2.05, 4.69) is 213 Å². The van der Waals surface area contributed by atoms with Crippen LogP contribution in [-0.4, -0.2) is 37.0 Å². The molecule has 782 valence electrons. The zero-order valence-corrected chi connectivity index (χ0v) is 100. The van der Waals surface area contributed by atoms with E-state index in [1.165, 1.54) is 32.1 Å². The molecule has 0 aromatic rings. The third-order valence-corrected chi connectivity index (χ3v) is 1.87. The molecule has 16 heteroatoms. The fraction of sp³-hybridized carbons (Fsp3) is 0.774. The van der Waals surface area contributed by atoms with Crippen LogP contribution < -0.4 is 0 Å². The summed E-state index contributed by atoms with van der Waals surface area (Å²) in [6, 6.07) is 0. The molecular weight excluding hydrogens is 1550 g/mol. The average Bonchev–Trinajstić information content (AvgIpc) is 1.90. The van der Waals surface area contributed by atoms with E-state index < -0.39 is 0 Å². The molecule has 0 unspecified atom stereocenters. The SMILES string of the molecule is C.C#C.C#CC.C#CC#CC#C.C#CC#CC#CC.C=C.CC.CC.CC.CC.CC.CC.CC.CC.CC.CC.CC.CC.CC.CC.CC.CC.CC.CC.CC.CC.CC.CC.CC.CC.CC.CC.CC.CC.CC.CC.CC#CC.CC#CC.CC#CC.CCC.CCC.CCC.CCCC.O.O=O.OOO.OOOO.OOOOO.S. The topological polar surface area (TPSA) is 242 Å². The summed E-state index contributed by atoms with van der Waals surface area (Å²) in [5.41, 5.74) is 0. The van der Waals surface area contributed by atoms with Crippen LogP contribution in [0.25, 0.3) is 0 Å². The molecular formula is C106H262O15S. The molecule has 0 radical (unpaired) electrons. The Labute approximate surface area is 798 Å². The maximum Gasteiger partial charge on any atom is 0 e. The van der Waals surface area contributed by atoms with Crippen molar-refractivity contribution < 1.29 is 67.2 Å². The van der Waals surface area contributed by atoms with Crippen LogP contribution in [0.1, 0.15) is 566 Å². The Morgan fingerprint density at radius 1 is 0.230 bits per heavy atom. The van der Waals surface area contributed by atoms with Gasteiger partial charge in [-0.3, -0.25) is 0 Å². The van der Waals surface area contributed by atoms with Gasteiger partial charge in [0.25, 0.3) is 0 Å². The normalized spacial score (nSPS) is 3.74. The monoisotopic (exact) mass is 1810 g/mol. The highest BCUT2D eigenvalue weighted by atomic mass is 32.1. The second-order valence-electron chi connectivity index (χ2n) is 6.67. The van der Waals surface area contributed by atoms with E-state index in [1.807, 2.05) is 457 Å². The van der Waals surface area contributed by atoms with Gasteiger partial charge in [0.05, 0.1) is 0 Å². The summed E-state index contributed by atoms with van der Waals surface area (Å²) in [7, 11) is 0. The maximum atomic E-state index is 7.06. The maximum absolute atomic E-state index is 7.06. The highest BCUT2D eigenvalue weighted by Crippen LogP contribution is 1.76. The standard InChI is InChI=1S/C7H4.C6H2.C4H10.3C4H6.3C3H8.C3H4.30C2H6.C2H4.C2H2.CH4.H2O5.H2O4.H2O3.O2.H2O.H2S/c1-3-5-7-6-4-2;1-3-5-6-4-2;4*1-3-4-2;4*1-3-2;32*1-2;;1-3-5-4-2;1-3-4-2;1-3-2;1-2;;/h1H,2H3;1-2H;3-4H2,1-2H3;3*1-2H3;3*3H2,1-2H3;1H,2H3;30*1-2H3;1-2H2;1-2H;1H4;1-2H;1-2H;1-2H;;2*1H2. The molecule has 0 aliphatic carbocycles. The van der Waals surface area contributed by atoms with Gasteiger partial charge in [-0.25, -0.2) is 31.5 Å². The number of hydrogen-bond donors (Lipinski definition) is 6. The van der Waals surface area contributed by atoms with Gasteiger partial charge in [0.2, 0.25) is 0 Å². The first-order chi connectivity index (χ1) is 58.4. The molecule has 122 heavy (non-hydrogen) atoms. The Bertz CT molecular complexity index is 1080. The van der Waals surface area contributed by atoms with Gasteiger partial charge >= 0.3 is 0 Å². The van der Waals surface area contributed by atoms with E-state index in [0.717, 1.165) is 0 Å². The smallest absolute Gasteiger partial charge is 0 e. The van der Waals surface area contributed by atoms with Gasteiger partial charge in [-0.2, -0.15) is 13.5 Å². The number of terminal acetylenes is 5. The minimum atomic E-state index is 0. The molecule has 0 saturated heterocycles. The van der Waals surface area contributed by atoms with Gasteiger partial charge < -0.3 is 5.48 Å². The third-order valence-electron chi connectivity index (χ3n) is 1.87. The molecule has 0 heterocycles. The Balaban J connectivity index is -0.00000000956. The molecule has 0 amide bonds. The molecule has 0 rings (SSSR count). The van der Waals surface area contributed by atoms with Crippen molar-refractivity contribution in [2.75, 3.05) is 0 Å². The first-order valence-corrected chi connectivity index (χ1v) is 46.4. The second-order valence-corrected chi connectivity index (χ2v) is 6.67. The summed E-state index contributed by atoms with van der Waals surface area (Å²) in [6.07, 6.45) is 33.2. The van der Waals surface area contributed by atoms with Crippen LogP contribution in [-0.2, 0) is 30.2 Å². The minimum Gasteiger partial charge on any atom is -0.412 e. The van der Waals surface area contributed by atoms with Crippen molar-refractivity contribution in [2.45, 2.75) is 566 Å². The van der Waals surface area contributed by atoms with Crippen molar-refractivity contribution in [3.8, 4) is 133 Å². The summed E-state index contributed by atoms with van der Waals surface area (Å²) in [4.78, 5) is 14.0. The van der Waals surface area contributed by atoms with Gasteiger partial charge in [-0.1, -0.05) is 521 Å². The molecule has 0 saturated carbocycles. The van der Waals surface area contributed by atoms with Crippen molar-refractivity contribution in [1.82, 2.24) is 0 Å². The first-order valence-electron chi connectivity index (χ1n) is 46.4. The van der Waals surface area contributed by atoms with Crippen molar-refractivity contribution >= 4 is 13.5 Å². The molecule has 15 nitrogen and oxygen atoms in total.